The van der Waals surface area contributed by atoms with Crippen LogP contribution >= 0.6 is 11.6 Å². The van der Waals surface area contributed by atoms with Gasteiger partial charge < -0.3 is 0 Å². The molecule has 0 saturated heterocycles. The third-order valence-electron chi connectivity index (χ3n) is 5.19. The van der Waals surface area contributed by atoms with E-state index in [1.807, 2.05) is 6.07 Å². The van der Waals surface area contributed by atoms with Crippen molar-refractivity contribution in [2.75, 3.05) is 18.6 Å². The molecule has 0 aliphatic heterocycles. The van der Waals surface area contributed by atoms with Gasteiger partial charge in [-0.25, -0.2) is 0 Å². The molecule has 0 radical (unpaired) electrons. The van der Waals surface area contributed by atoms with Crippen molar-refractivity contribution in [3.8, 4) is 11.5 Å². The minimum absolute atomic E-state index is 0.797. The Hall–Kier alpha value is -0.228. The predicted molar refractivity (Wildman–Crippen MR) is 94.3 cm³/mol. The van der Waals surface area contributed by atoms with Crippen LogP contribution in [-0.2, 0) is 15.5 Å². The van der Waals surface area contributed by atoms with E-state index in [0.29, 0.717) is 0 Å². The third kappa shape index (κ3) is 3.06. The van der Waals surface area contributed by atoms with E-state index in [2.05, 4.69) is 12.1 Å². The van der Waals surface area contributed by atoms with Gasteiger partial charge in [0.15, 0.2) is 0 Å². The zero-order valence-corrected chi connectivity index (χ0v) is 16.6. The Bertz CT molecular complexity index is 484. The summed E-state index contributed by atoms with van der Waals surface area (Å²) in [5.41, 5.74) is 0. The molecule has 0 spiro atoms. The first-order chi connectivity index (χ1) is 11.3. The van der Waals surface area contributed by atoms with E-state index in [-0.39, 0.29) is 0 Å². The van der Waals surface area contributed by atoms with Crippen LogP contribution in [0.5, 0.6) is 11.5 Å². The minimum atomic E-state index is -2.05. The molecule has 4 heteroatoms. The monoisotopic (exact) mass is 430 g/mol. The molecule has 0 heterocycles. The summed E-state index contributed by atoms with van der Waals surface area (Å²) >= 11 is 4.79. The van der Waals surface area contributed by atoms with Crippen LogP contribution in [0.3, 0.4) is 0 Å². The molecule has 0 atom stereocenters. The number of benzene rings is 1. The Morgan fingerprint density at radius 1 is 0.913 bits per heavy atom. The molecule has 2 aliphatic rings. The van der Waals surface area contributed by atoms with Crippen molar-refractivity contribution in [3.63, 3.8) is 0 Å². The molecular weight excluding hydrogens is 402 g/mol. The number of alkyl halides is 1. The molecule has 2 aliphatic carbocycles. The average Bonchev–Trinajstić information content (AvgIpc) is 3.30. The molecule has 1 aromatic carbocycles. The maximum absolute atomic E-state index is 6.83. The van der Waals surface area contributed by atoms with Crippen LogP contribution in [0.25, 0.3) is 0 Å². The summed E-state index contributed by atoms with van der Waals surface area (Å²) in [4.78, 5) is 0. The number of methoxy groups -OCH3 is 2. The summed E-state index contributed by atoms with van der Waals surface area (Å²) in [6, 6.07) is 6.26. The molecule has 0 unspecified atom stereocenters. The zero-order valence-electron chi connectivity index (χ0n) is 14.3. The first-order valence-corrected chi connectivity index (χ1v) is 12.8. The van der Waals surface area contributed by atoms with Crippen molar-refractivity contribution in [2.24, 2.45) is 0 Å². The molecule has 23 heavy (non-hydrogen) atoms. The summed E-state index contributed by atoms with van der Waals surface area (Å²) in [6.45, 7) is 0. The molecule has 1 aromatic rings. The molecule has 134 valence electrons. The van der Waals surface area contributed by atoms with Gasteiger partial charge in [-0.3, -0.25) is 0 Å². The quantitative estimate of drug-likeness (QED) is 0.443. The van der Waals surface area contributed by atoms with Gasteiger partial charge in [0.25, 0.3) is 0 Å². The van der Waals surface area contributed by atoms with Gasteiger partial charge in [0.05, 0.1) is 0 Å². The van der Waals surface area contributed by atoms with Gasteiger partial charge in [-0.15, -0.1) is 0 Å². The van der Waals surface area contributed by atoms with E-state index in [1.54, 1.807) is 14.2 Å². The maximum atomic E-state index is 6.83. The van der Waals surface area contributed by atoms with E-state index in [0.717, 1.165) is 24.6 Å². The fourth-order valence-corrected chi connectivity index (χ4v) is 15.9. The van der Waals surface area contributed by atoms with Gasteiger partial charge in [0, 0.05) is 0 Å². The van der Waals surface area contributed by atoms with E-state index in [9.17, 15) is 0 Å². The van der Waals surface area contributed by atoms with E-state index >= 15 is 0 Å². The van der Waals surface area contributed by atoms with Crippen molar-refractivity contribution < 1.29 is 25.0 Å². The first-order valence-electron chi connectivity index (χ1n) is 8.62. The van der Waals surface area contributed by atoms with Crippen LogP contribution in [-0.4, -0.2) is 18.6 Å². The Morgan fingerprint density at radius 3 is 1.70 bits per heavy atom. The van der Waals surface area contributed by atoms with E-state index in [4.69, 9.17) is 21.1 Å². The Kier molecular flexibility index (Phi) is 5.94. The fourth-order valence-electron chi connectivity index (χ4n) is 4.08. The van der Waals surface area contributed by atoms with E-state index in [1.165, 1.54) is 55.4 Å². The van der Waals surface area contributed by atoms with Crippen molar-refractivity contribution in [3.05, 3.63) is 18.2 Å². The van der Waals surface area contributed by atoms with Gasteiger partial charge in [-0.05, 0) is 0 Å². The predicted octanol–water partition coefficient (Wildman–Crippen LogP) is 5.40. The second kappa shape index (κ2) is 7.77. The topological polar surface area (TPSA) is 18.5 Å². The molecule has 2 nitrogen and oxygen atoms in total. The third-order valence-corrected chi connectivity index (χ3v) is 16.1. The SMILES string of the molecule is COc1cccc(OC)[c]1[Pd]([CH2]Cl)([CH]1CCCC1)[CH]1CCCC1. The Morgan fingerprint density at radius 2 is 1.35 bits per heavy atom. The molecule has 3 rings (SSSR count). The van der Waals surface area contributed by atoms with Gasteiger partial charge in [-0.1, -0.05) is 0 Å². The van der Waals surface area contributed by atoms with Gasteiger partial charge >= 0.3 is 149 Å². The molecule has 0 bridgehead atoms. The van der Waals surface area contributed by atoms with Crippen LogP contribution in [0.15, 0.2) is 18.2 Å². The molecule has 0 amide bonds. The zero-order chi connectivity index (χ0) is 16.3. The van der Waals surface area contributed by atoms with Crippen molar-refractivity contribution in [1.29, 1.82) is 0 Å². The number of hydrogen-bond donors (Lipinski definition) is 0. The Labute approximate surface area is 148 Å². The standard InChI is InChI=1S/C8H9O2.2C5H9.CH2Cl.Pd/c1-9-7-4-3-5-8(6-7)10-2;2*1-2-4-5-3-1;1-2;/h3-5H,1-2H3;2*1H,2-5H2;1H2;. The number of halogens is 1. The summed E-state index contributed by atoms with van der Waals surface area (Å²) in [7, 11) is 3.58. The van der Waals surface area contributed by atoms with E-state index < -0.39 is 15.5 Å². The summed E-state index contributed by atoms with van der Waals surface area (Å²) in [5, 5.41) is 0. The Balaban J connectivity index is 2.18. The fraction of sp³-hybridized carbons (Fsp3) is 0.684. The first kappa shape index (κ1) is 17.6. The van der Waals surface area contributed by atoms with Gasteiger partial charge in [0.2, 0.25) is 0 Å². The number of rotatable bonds is 6. The van der Waals surface area contributed by atoms with Crippen molar-refractivity contribution in [1.82, 2.24) is 0 Å². The second-order valence-corrected chi connectivity index (χ2v) is 14.3. The van der Waals surface area contributed by atoms with Crippen LogP contribution in [0, 0.1) is 0 Å². The number of hydrogen-bond acceptors (Lipinski definition) is 2. The van der Waals surface area contributed by atoms with Crippen molar-refractivity contribution >= 4 is 15.6 Å². The van der Waals surface area contributed by atoms with Gasteiger partial charge in [-0.2, -0.15) is 0 Å². The normalized spacial score (nSPS) is 20.8. The van der Waals surface area contributed by atoms with Crippen LogP contribution in [0.1, 0.15) is 51.4 Å². The molecular formula is C19H29ClO2Pd. The number of ether oxygens (including phenoxy) is 2. The second-order valence-electron chi connectivity index (χ2n) is 6.35. The summed E-state index contributed by atoms with van der Waals surface area (Å²) in [6.07, 6.45) is 10.9. The average molecular weight is 431 g/mol. The molecule has 0 aromatic heterocycles. The summed E-state index contributed by atoms with van der Waals surface area (Å²) in [5.74, 6) is 2.03. The molecule has 2 fully saturated rings. The molecule has 0 N–H and O–H groups in total. The van der Waals surface area contributed by atoms with Crippen LogP contribution < -0.4 is 13.5 Å². The van der Waals surface area contributed by atoms with Gasteiger partial charge in [0.1, 0.15) is 0 Å². The van der Waals surface area contributed by atoms with Crippen LogP contribution in [0.2, 0.25) is 8.78 Å². The van der Waals surface area contributed by atoms with Crippen molar-refractivity contribution in [2.45, 2.75) is 60.1 Å². The van der Waals surface area contributed by atoms with Crippen LogP contribution in [0.4, 0.5) is 0 Å². The summed E-state index contributed by atoms with van der Waals surface area (Å²) < 4.78 is 15.4. The molecule has 2 saturated carbocycles.